The van der Waals surface area contributed by atoms with E-state index in [1.54, 1.807) is 6.07 Å². The molecule has 1 saturated carbocycles. The lowest BCUT2D eigenvalue weighted by Gasteiger charge is -2.25. The molecule has 0 radical (unpaired) electrons. The number of halogens is 2. The van der Waals surface area contributed by atoms with Crippen LogP contribution in [0.4, 0.5) is 0 Å². The van der Waals surface area contributed by atoms with Gasteiger partial charge in [-0.05, 0) is 77.5 Å². The molecule has 2 heterocycles. The van der Waals surface area contributed by atoms with Crippen LogP contribution in [-0.4, -0.2) is 39.8 Å². The van der Waals surface area contributed by atoms with Crippen molar-refractivity contribution in [2.75, 3.05) is 13.2 Å². The third-order valence-electron chi connectivity index (χ3n) is 7.25. The van der Waals surface area contributed by atoms with Gasteiger partial charge in [-0.1, -0.05) is 42.5 Å². The van der Waals surface area contributed by atoms with Crippen molar-refractivity contribution in [3.8, 4) is 11.3 Å². The van der Waals surface area contributed by atoms with Gasteiger partial charge in [0.05, 0.1) is 33.2 Å². The van der Waals surface area contributed by atoms with Crippen molar-refractivity contribution in [1.82, 2.24) is 14.6 Å². The second kappa shape index (κ2) is 12.3. The van der Waals surface area contributed by atoms with Gasteiger partial charge >= 0.3 is 0 Å². The summed E-state index contributed by atoms with van der Waals surface area (Å²) in [5.41, 5.74) is 2.85. The number of carbonyl (C=O) groups excluding carboxylic acids is 1. The number of ether oxygens (including phenoxy) is 1. The van der Waals surface area contributed by atoms with E-state index in [9.17, 15) is 9.35 Å². The molecule has 1 aromatic carbocycles. The van der Waals surface area contributed by atoms with Gasteiger partial charge in [-0.25, -0.2) is 0 Å². The minimum Gasteiger partial charge on any atom is -0.593 e. The van der Waals surface area contributed by atoms with Gasteiger partial charge in [-0.3, -0.25) is 4.79 Å². The van der Waals surface area contributed by atoms with Crippen molar-refractivity contribution < 1.29 is 14.1 Å². The van der Waals surface area contributed by atoms with Crippen LogP contribution in [0.5, 0.6) is 0 Å². The molecular formula is C28H39Cl2N3O3S. The molecule has 1 aromatic heterocycles. The first kappa shape index (κ1) is 28.8. The number of amides is 1. The summed E-state index contributed by atoms with van der Waals surface area (Å²) in [6.07, 6.45) is 7.79. The van der Waals surface area contributed by atoms with Gasteiger partial charge in [0.15, 0.2) is 4.90 Å². The Kier molecular flexibility index (Phi) is 9.58. The Hall–Kier alpha value is -1.22. The minimum atomic E-state index is -1.51. The summed E-state index contributed by atoms with van der Waals surface area (Å²) < 4.78 is 23.7. The van der Waals surface area contributed by atoms with Crippen LogP contribution in [0.1, 0.15) is 81.8 Å². The second-order valence-corrected chi connectivity index (χ2v) is 13.3. The first-order valence-electron chi connectivity index (χ1n) is 13.3. The number of nitrogens with zero attached hydrogens (tertiary/aromatic N) is 1. The Morgan fingerprint density at radius 3 is 2.43 bits per heavy atom. The highest BCUT2D eigenvalue weighted by atomic mass is 35.5. The minimum absolute atomic E-state index is 0.0673. The lowest BCUT2D eigenvalue weighted by molar-refractivity contribution is 0.0696. The van der Waals surface area contributed by atoms with Crippen molar-refractivity contribution in [1.29, 1.82) is 0 Å². The van der Waals surface area contributed by atoms with Crippen molar-refractivity contribution in [2.24, 2.45) is 5.92 Å². The molecule has 2 aromatic rings. The maximum Gasteiger partial charge on any atom is 0.253 e. The fourth-order valence-electron chi connectivity index (χ4n) is 5.27. The zero-order valence-electron chi connectivity index (χ0n) is 22.3. The van der Waals surface area contributed by atoms with Gasteiger partial charge in [-0.15, -0.1) is 4.72 Å². The first-order valence-corrected chi connectivity index (χ1v) is 15.2. The molecule has 0 bridgehead atoms. The summed E-state index contributed by atoms with van der Waals surface area (Å²) in [5, 5.41) is 3.82. The van der Waals surface area contributed by atoms with Crippen LogP contribution in [0.2, 0.25) is 10.0 Å². The van der Waals surface area contributed by atoms with Crippen LogP contribution in [0.15, 0.2) is 23.1 Å². The highest BCUT2D eigenvalue weighted by Gasteiger charge is 2.29. The van der Waals surface area contributed by atoms with Gasteiger partial charge in [0, 0.05) is 37.1 Å². The fourth-order valence-corrected chi connectivity index (χ4v) is 7.09. The van der Waals surface area contributed by atoms with E-state index >= 15 is 0 Å². The van der Waals surface area contributed by atoms with E-state index in [2.05, 4.69) is 14.6 Å². The molecule has 1 saturated heterocycles. The third-order valence-corrected chi connectivity index (χ3v) is 9.79. The van der Waals surface area contributed by atoms with Crippen LogP contribution in [0.25, 0.3) is 11.3 Å². The summed E-state index contributed by atoms with van der Waals surface area (Å²) in [7, 11) is 0. The second-order valence-electron chi connectivity index (χ2n) is 11.4. The van der Waals surface area contributed by atoms with E-state index in [-0.39, 0.29) is 22.5 Å². The van der Waals surface area contributed by atoms with Crippen LogP contribution >= 0.6 is 23.2 Å². The number of hydrogen-bond donors (Lipinski definition) is 2. The Morgan fingerprint density at radius 1 is 1.11 bits per heavy atom. The van der Waals surface area contributed by atoms with Gasteiger partial charge in [-0.2, -0.15) is 0 Å². The largest absolute Gasteiger partial charge is 0.593 e. The molecule has 4 rings (SSSR count). The summed E-state index contributed by atoms with van der Waals surface area (Å²) in [5.74, 6) is 0.490. The molecule has 2 fully saturated rings. The summed E-state index contributed by atoms with van der Waals surface area (Å²) in [6, 6.07) is 5.70. The van der Waals surface area contributed by atoms with Gasteiger partial charge < -0.3 is 19.2 Å². The van der Waals surface area contributed by atoms with Gasteiger partial charge in [0.25, 0.3) is 5.91 Å². The van der Waals surface area contributed by atoms with Crippen molar-refractivity contribution in [3.05, 3.63) is 39.5 Å². The molecule has 6 nitrogen and oxygen atoms in total. The van der Waals surface area contributed by atoms with Crippen molar-refractivity contribution in [3.63, 3.8) is 0 Å². The lowest BCUT2D eigenvalue weighted by Crippen LogP contribution is -2.40. The molecule has 1 amide bonds. The zero-order valence-corrected chi connectivity index (χ0v) is 24.6. The van der Waals surface area contributed by atoms with Crippen LogP contribution in [-0.2, 0) is 22.6 Å². The highest BCUT2D eigenvalue weighted by Crippen LogP contribution is 2.40. The predicted octanol–water partition coefficient (Wildman–Crippen LogP) is 6.67. The third kappa shape index (κ3) is 7.06. The molecule has 2 aliphatic rings. The van der Waals surface area contributed by atoms with E-state index < -0.39 is 11.4 Å². The molecule has 1 aliphatic heterocycles. The quantitative estimate of drug-likeness (QED) is 0.366. The normalized spacial score (nSPS) is 18.7. The molecule has 1 unspecified atom stereocenters. The average Bonchev–Trinajstić information content (AvgIpc) is 3.16. The topological polar surface area (TPSA) is 78.3 Å². The summed E-state index contributed by atoms with van der Waals surface area (Å²) in [4.78, 5) is 13.8. The fraction of sp³-hybridized carbons (Fsp3) is 0.607. The van der Waals surface area contributed by atoms with Gasteiger partial charge in [0.2, 0.25) is 0 Å². The number of aromatic nitrogens is 1. The lowest BCUT2D eigenvalue weighted by atomic mass is 9.89. The Labute approximate surface area is 234 Å². The molecule has 37 heavy (non-hydrogen) atoms. The maximum atomic E-state index is 13.4. The van der Waals surface area contributed by atoms with E-state index in [4.69, 9.17) is 27.9 Å². The summed E-state index contributed by atoms with van der Waals surface area (Å²) >= 11 is 12.0. The molecule has 9 heteroatoms. The highest BCUT2D eigenvalue weighted by molar-refractivity contribution is 7.89. The maximum absolute atomic E-state index is 13.4. The predicted molar refractivity (Wildman–Crippen MR) is 152 cm³/mol. The standard InChI is InChI=1S/C28H39Cl2N3O3S/c1-18-22(27(34)31-20-12-14-36-15-13-20)16-23(33(18)17-19-8-6-5-7-9-19)21-10-11-24(26(30)25(21)29)37(35)32-28(2,3)4/h10-11,16,19-20,32H,5-9,12-15,17H2,1-4H3,(H,31,34). The Balaban J connectivity index is 1.70. The molecule has 0 spiro atoms. The van der Waals surface area contributed by atoms with E-state index in [1.165, 1.54) is 32.1 Å². The summed E-state index contributed by atoms with van der Waals surface area (Å²) in [6.45, 7) is 10.0. The number of nitrogens with one attached hydrogen (secondary N) is 2. The number of rotatable bonds is 7. The molecule has 204 valence electrons. The monoisotopic (exact) mass is 567 g/mol. The van der Waals surface area contributed by atoms with Crippen LogP contribution in [0.3, 0.4) is 0 Å². The zero-order chi connectivity index (χ0) is 26.7. The Morgan fingerprint density at radius 2 is 1.78 bits per heavy atom. The average molecular weight is 569 g/mol. The van der Waals surface area contributed by atoms with Crippen LogP contribution in [0, 0.1) is 12.8 Å². The van der Waals surface area contributed by atoms with Crippen LogP contribution < -0.4 is 10.0 Å². The number of hydrogen-bond acceptors (Lipinski definition) is 4. The molecule has 1 aliphatic carbocycles. The van der Waals surface area contributed by atoms with Gasteiger partial charge in [0.1, 0.15) is 5.02 Å². The molecular weight excluding hydrogens is 529 g/mol. The molecule has 2 N–H and O–H groups in total. The number of carbonyl (C=O) groups is 1. The smallest absolute Gasteiger partial charge is 0.253 e. The van der Waals surface area contributed by atoms with E-state index in [0.717, 1.165) is 36.3 Å². The SMILES string of the molecule is Cc1c(C(=O)NC2CCOCC2)cc(-c2ccc([S+]([O-])NC(C)(C)C)c(Cl)c2Cl)n1CC1CCCCC1. The Bertz CT molecular complexity index is 1100. The van der Waals surface area contributed by atoms with Crippen molar-refractivity contribution in [2.45, 2.75) is 95.7 Å². The number of benzene rings is 1. The van der Waals surface area contributed by atoms with Crippen molar-refractivity contribution >= 4 is 40.5 Å². The molecule has 1 atom stereocenters. The van der Waals surface area contributed by atoms with E-state index in [0.29, 0.717) is 34.6 Å². The van der Waals surface area contributed by atoms with E-state index in [1.807, 2.05) is 39.8 Å². The first-order chi connectivity index (χ1) is 17.5.